The highest BCUT2D eigenvalue weighted by Gasteiger charge is 2.24. The second-order valence-electron chi connectivity index (χ2n) is 6.29. The normalized spacial score (nSPS) is 17.4. The average molecular weight is 316 g/mol. The Bertz CT molecular complexity index is 631. The Labute approximate surface area is 137 Å². The minimum atomic E-state index is -0.128. The van der Waals surface area contributed by atoms with Gasteiger partial charge in [0.2, 0.25) is 0 Å². The zero-order valence-corrected chi connectivity index (χ0v) is 13.8. The fourth-order valence-electron chi connectivity index (χ4n) is 3.28. The molecule has 2 N–H and O–H groups in total. The smallest absolute Gasteiger partial charge is 0.146 e. The highest BCUT2D eigenvalue weighted by Crippen LogP contribution is 2.24. The maximum atomic E-state index is 13.9. The van der Waals surface area contributed by atoms with Gasteiger partial charge in [-0.05, 0) is 38.3 Å². The molecule has 2 heterocycles. The molecule has 23 heavy (non-hydrogen) atoms. The minimum absolute atomic E-state index is 0.128. The summed E-state index contributed by atoms with van der Waals surface area (Å²) in [5.41, 5.74) is 1.81. The third-order valence-corrected chi connectivity index (χ3v) is 4.59. The SMILES string of the molecule is CC[C@H](NC1CCN(c2ccccc2F)CC1)c1ncc(C)[nH]1. The van der Waals surface area contributed by atoms with Crippen LogP contribution in [0.4, 0.5) is 10.1 Å². The van der Waals surface area contributed by atoms with E-state index in [0.29, 0.717) is 6.04 Å². The first-order chi connectivity index (χ1) is 11.2. The highest BCUT2D eigenvalue weighted by atomic mass is 19.1. The number of hydrogen-bond donors (Lipinski definition) is 2. The number of aryl methyl sites for hydroxylation is 1. The molecule has 0 bridgehead atoms. The molecule has 1 aromatic heterocycles. The summed E-state index contributed by atoms with van der Waals surface area (Å²) in [7, 11) is 0. The predicted molar refractivity (Wildman–Crippen MR) is 91.1 cm³/mol. The lowest BCUT2D eigenvalue weighted by Crippen LogP contribution is -2.44. The first-order valence-corrected chi connectivity index (χ1v) is 8.44. The molecule has 0 radical (unpaired) electrons. The minimum Gasteiger partial charge on any atom is -0.369 e. The molecule has 0 aliphatic carbocycles. The quantitative estimate of drug-likeness (QED) is 0.886. The Morgan fingerprint density at radius 1 is 1.35 bits per heavy atom. The molecule has 0 amide bonds. The third kappa shape index (κ3) is 3.72. The maximum Gasteiger partial charge on any atom is 0.146 e. The summed E-state index contributed by atoms with van der Waals surface area (Å²) in [6.07, 6.45) is 4.91. The molecule has 0 saturated carbocycles. The lowest BCUT2D eigenvalue weighted by molar-refractivity contribution is 0.356. The van der Waals surface area contributed by atoms with Gasteiger partial charge in [-0.2, -0.15) is 0 Å². The molecule has 1 fully saturated rings. The number of rotatable bonds is 5. The molecule has 3 rings (SSSR count). The first kappa shape index (κ1) is 16.0. The summed E-state index contributed by atoms with van der Waals surface area (Å²) in [6, 6.07) is 7.75. The van der Waals surface area contributed by atoms with Crippen molar-refractivity contribution in [3.63, 3.8) is 0 Å². The summed E-state index contributed by atoms with van der Waals surface area (Å²) >= 11 is 0. The Kier molecular flexibility index (Phi) is 4.96. The van der Waals surface area contributed by atoms with Crippen molar-refractivity contribution in [2.75, 3.05) is 18.0 Å². The van der Waals surface area contributed by atoms with Crippen LogP contribution in [0.5, 0.6) is 0 Å². The van der Waals surface area contributed by atoms with E-state index in [-0.39, 0.29) is 11.9 Å². The van der Waals surface area contributed by atoms with Gasteiger partial charge in [0.25, 0.3) is 0 Å². The summed E-state index contributed by atoms with van der Waals surface area (Å²) in [5.74, 6) is 0.887. The lowest BCUT2D eigenvalue weighted by atomic mass is 10.0. The van der Waals surface area contributed by atoms with Crippen molar-refractivity contribution in [1.82, 2.24) is 15.3 Å². The molecule has 1 aliphatic heterocycles. The van der Waals surface area contributed by atoms with Crippen LogP contribution in [0, 0.1) is 12.7 Å². The van der Waals surface area contributed by atoms with E-state index >= 15 is 0 Å². The van der Waals surface area contributed by atoms with Crippen molar-refractivity contribution >= 4 is 5.69 Å². The number of hydrogen-bond acceptors (Lipinski definition) is 3. The van der Waals surface area contributed by atoms with E-state index in [9.17, 15) is 4.39 Å². The lowest BCUT2D eigenvalue weighted by Gasteiger charge is -2.35. The summed E-state index contributed by atoms with van der Waals surface area (Å²) < 4.78 is 13.9. The molecule has 0 unspecified atom stereocenters. The van der Waals surface area contributed by atoms with E-state index < -0.39 is 0 Å². The number of aromatic amines is 1. The molecule has 0 spiro atoms. The Balaban J connectivity index is 1.57. The van der Waals surface area contributed by atoms with E-state index in [0.717, 1.165) is 49.6 Å². The maximum absolute atomic E-state index is 13.9. The molecular formula is C18H25FN4. The van der Waals surface area contributed by atoms with Gasteiger partial charge in [-0.15, -0.1) is 0 Å². The first-order valence-electron chi connectivity index (χ1n) is 8.44. The van der Waals surface area contributed by atoms with Gasteiger partial charge in [-0.1, -0.05) is 19.1 Å². The Morgan fingerprint density at radius 3 is 2.70 bits per heavy atom. The number of piperidine rings is 1. The van der Waals surface area contributed by atoms with Crippen LogP contribution in [0.25, 0.3) is 0 Å². The van der Waals surface area contributed by atoms with Crippen LogP contribution in [0.15, 0.2) is 30.5 Å². The number of benzene rings is 1. The molecule has 1 saturated heterocycles. The number of H-pyrrole nitrogens is 1. The second-order valence-corrected chi connectivity index (χ2v) is 6.29. The van der Waals surface area contributed by atoms with E-state index in [1.54, 1.807) is 6.07 Å². The number of halogens is 1. The van der Waals surface area contributed by atoms with Crippen molar-refractivity contribution in [2.24, 2.45) is 0 Å². The van der Waals surface area contributed by atoms with Crippen LogP contribution in [0.3, 0.4) is 0 Å². The van der Waals surface area contributed by atoms with Gasteiger partial charge in [0.05, 0.1) is 11.7 Å². The number of anilines is 1. The van der Waals surface area contributed by atoms with Crippen LogP contribution in [0.2, 0.25) is 0 Å². The number of imidazole rings is 1. The molecule has 1 aliphatic rings. The van der Waals surface area contributed by atoms with Crippen LogP contribution < -0.4 is 10.2 Å². The van der Waals surface area contributed by atoms with E-state index in [1.807, 2.05) is 25.3 Å². The molecule has 2 aromatic rings. The van der Waals surface area contributed by atoms with E-state index in [2.05, 4.69) is 27.1 Å². The van der Waals surface area contributed by atoms with Gasteiger partial charge in [-0.3, -0.25) is 0 Å². The predicted octanol–water partition coefficient (Wildman–Crippen LogP) is 3.57. The average Bonchev–Trinajstić information content (AvgIpc) is 3.00. The molecule has 1 aromatic carbocycles. The van der Waals surface area contributed by atoms with E-state index in [4.69, 9.17) is 0 Å². The standard InChI is InChI=1S/C18H25FN4/c1-3-16(18-20-12-13(2)21-18)22-14-8-10-23(11-9-14)17-7-5-4-6-15(17)19/h4-7,12,14,16,22H,3,8-11H2,1-2H3,(H,20,21)/t16-/m0/s1. The van der Waals surface area contributed by atoms with Gasteiger partial charge < -0.3 is 15.2 Å². The molecule has 124 valence electrons. The van der Waals surface area contributed by atoms with Crippen LogP contribution in [-0.2, 0) is 0 Å². The summed E-state index contributed by atoms with van der Waals surface area (Å²) in [4.78, 5) is 9.92. The van der Waals surface area contributed by atoms with Gasteiger partial charge in [0.1, 0.15) is 11.6 Å². The largest absolute Gasteiger partial charge is 0.369 e. The van der Waals surface area contributed by atoms with E-state index in [1.165, 1.54) is 6.07 Å². The Hall–Kier alpha value is -1.88. The topological polar surface area (TPSA) is 44.0 Å². The van der Waals surface area contributed by atoms with Crippen molar-refractivity contribution in [3.05, 3.63) is 47.8 Å². The third-order valence-electron chi connectivity index (χ3n) is 4.59. The van der Waals surface area contributed by atoms with Gasteiger partial charge in [0, 0.05) is 31.0 Å². The van der Waals surface area contributed by atoms with Crippen molar-refractivity contribution in [1.29, 1.82) is 0 Å². The number of para-hydroxylation sites is 1. The van der Waals surface area contributed by atoms with Crippen molar-refractivity contribution in [2.45, 2.75) is 45.2 Å². The number of aromatic nitrogens is 2. The second kappa shape index (κ2) is 7.13. The zero-order chi connectivity index (χ0) is 16.2. The molecule has 4 nitrogen and oxygen atoms in total. The monoisotopic (exact) mass is 316 g/mol. The van der Waals surface area contributed by atoms with Crippen LogP contribution >= 0.6 is 0 Å². The molecule has 1 atom stereocenters. The van der Waals surface area contributed by atoms with Crippen molar-refractivity contribution < 1.29 is 4.39 Å². The Morgan fingerprint density at radius 2 is 2.09 bits per heavy atom. The summed E-state index contributed by atoms with van der Waals surface area (Å²) in [6.45, 7) is 5.96. The van der Waals surface area contributed by atoms with Crippen molar-refractivity contribution in [3.8, 4) is 0 Å². The highest BCUT2D eigenvalue weighted by molar-refractivity contribution is 5.47. The van der Waals surface area contributed by atoms with Crippen LogP contribution in [-0.4, -0.2) is 29.1 Å². The van der Waals surface area contributed by atoms with Gasteiger partial charge >= 0.3 is 0 Å². The zero-order valence-electron chi connectivity index (χ0n) is 13.8. The van der Waals surface area contributed by atoms with Gasteiger partial charge in [-0.25, -0.2) is 9.37 Å². The molecular weight excluding hydrogens is 291 g/mol. The number of nitrogens with zero attached hydrogens (tertiary/aromatic N) is 2. The fraction of sp³-hybridized carbons (Fsp3) is 0.500. The fourth-order valence-corrected chi connectivity index (χ4v) is 3.28. The summed E-state index contributed by atoms with van der Waals surface area (Å²) in [5, 5.41) is 3.71. The van der Waals surface area contributed by atoms with Gasteiger partial charge in [0.15, 0.2) is 0 Å². The molecule has 5 heteroatoms. The number of nitrogens with one attached hydrogen (secondary N) is 2. The van der Waals surface area contributed by atoms with Crippen LogP contribution in [0.1, 0.15) is 43.7 Å².